The molecule has 2 aromatic heterocycles. The van der Waals surface area contributed by atoms with Crippen LogP contribution in [0.15, 0.2) is 36.0 Å². The van der Waals surface area contributed by atoms with Crippen molar-refractivity contribution in [3.8, 4) is 5.75 Å². The molecule has 3 aromatic rings. The fraction of sp³-hybridized carbons (Fsp3) is 0.400. The van der Waals surface area contributed by atoms with Crippen molar-refractivity contribution in [3.63, 3.8) is 0 Å². The largest absolute Gasteiger partial charge is 0.488 e. The first-order valence-electron chi connectivity index (χ1n) is 9.53. The second kappa shape index (κ2) is 6.91. The summed E-state index contributed by atoms with van der Waals surface area (Å²) in [5, 5.41) is 11.1. The number of carbonyl (C=O) groups excluding carboxylic acids is 1. The number of rotatable bonds is 5. The number of fused-ring (bicyclic) bond motifs is 1. The number of carbonyl (C=O) groups is 1. The Balaban J connectivity index is 1.13. The fourth-order valence-corrected chi connectivity index (χ4v) is 4.66. The van der Waals surface area contributed by atoms with Gasteiger partial charge in [0.05, 0.1) is 15.7 Å². The summed E-state index contributed by atoms with van der Waals surface area (Å²) >= 11 is 1.38. The highest BCUT2D eigenvalue weighted by atomic mass is 32.1. The van der Waals surface area contributed by atoms with Crippen molar-refractivity contribution in [2.75, 3.05) is 18.0 Å². The molecule has 0 bridgehead atoms. The monoisotopic (exact) mass is 413 g/mol. The molecular formula is C20H20FN5O2S. The molecule has 29 heavy (non-hydrogen) atoms. The van der Waals surface area contributed by atoms with E-state index >= 15 is 0 Å². The van der Waals surface area contributed by atoms with E-state index < -0.39 is 0 Å². The maximum atomic E-state index is 13.8. The van der Waals surface area contributed by atoms with Crippen LogP contribution in [0.3, 0.4) is 0 Å². The summed E-state index contributed by atoms with van der Waals surface area (Å²) in [5.41, 5.74) is 2.09. The third kappa shape index (κ3) is 3.50. The average molecular weight is 413 g/mol. The molecule has 1 saturated heterocycles. The number of thiazole rings is 1. The normalized spacial score (nSPS) is 22.6. The van der Waals surface area contributed by atoms with Gasteiger partial charge >= 0.3 is 0 Å². The summed E-state index contributed by atoms with van der Waals surface area (Å²) in [6.45, 7) is 3.44. The van der Waals surface area contributed by atoms with Gasteiger partial charge in [-0.05, 0) is 38.0 Å². The van der Waals surface area contributed by atoms with Gasteiger partial charge in [-0.3, -0.25) is 4.79 Å². The van der Waals surface area contributed by atoms with Crippen LogP contribution in [0, 0.1) is 11.7 Å². The lowest BCUT2D eigenvalue weighted by atomic mass is 9.80. The topological polar surface area (TPSA) is 80.2 Å². The SMILES string of the molecule is CC1(NC(=O)C2CC(Oc3cc(F)cc4scnc34)C2)CN(c2cccnn2)C1. The second-order valence-corrected chi connectivity index (χ2v) is 8.89. The van der Waals surface area contributed by atoms with Gasteiger partial charge in [0, 0.05) is 31.3 Å². The van der Waals surface area contributed by atoms with Crippen molar-refractivity contribution in [1.82, 2.24) is 20.5 Å². The first kappa shape index (κ1) is 18.2. The molecule has 0 unspecified atom stereocenters. The highest BCUT2D eigenvalue weighted by Crippen LogP contribution is 2.36. The van der Waals surface area contributed by atoms with Gasteiger partial charge in [0.15, 0.2) is 5.82 Å². The predicted octanol–water partition coefficient (Wildman–Crippen LogP) is 2.78. The Labute approximate surface area is 170 Å². The molecule has 0 atom stereocenters. The molecule has 9 heteroatoms. The number of benzene rings is 1. The maximum Gasteiger partial charge on any atom is 0.223 e. The van der Waals surface area contributed by atoms with E-state index in [9.17, 15) is 9.18 Å². The Morgan fingerprint density at radius 2 is 2.21 bits per heavy atom. The summed E-state index contributed by atoms with van der Waals surface area (Å²) in [6, 6.07) is 6.59. The Morgan fingerprint density at radius 1 is 1.38 bits per heavy atom. The lowest BCUT2D eigenvalue weighted by molar-refractivity contribution is -0.132. The highest BCUT2D eigenvalue weighted by molar-refractivity contribution is 7.16. The standard InChI is InChI=1S/C20H20FN5O2S/c1-20(9-26(10-20)17-3-2-4-23-25-17)24-19(27)12-5-14(6-12)28-15-7-13(21)8-16-18(15)22-11-29-16/h2-4,7-8,11-12,14H,5-6,9-10H2,1H3,(H,24,27). The van der Waals surface area contributed by atoms with Gasteiger partial charge in [-0.2, -0.15) is 5.10 Å². The van der Waals surface area contributed by atoms with Crippen LogP contribution in [0.5, 0.6) is 5.75 Å². The van der Waals surface area contributed by atoms with Crippen LogP contribution in [0.25, 0.3) is 10.2 Å². The Kier molecular flexibility index (Phi) is 4.34. The van der Waals surface area contributed by atoms with Crippen molar-refractivity contribution < 1.29 is 13.9 Å². The molecule has 0 spiro atoms. The number of nitrogens with zero attached hydrogens (tertiary/aromatic N) is 4. The zero-order valence-electron chi connectivity index (χ0n) is 15.8. The molecule has 1 saturated carbocycles. The summed E-state index contributed by atoms with van der Waals surface area (Å²) < 4.78 is 20.5. The van der Waals surface area contributed by atoms with Crippen LogP contribution in [0.2, 0.25) is 0 Å². The van der Waals surface area contributed by atoms with Gasteiger partial charge in [0.1, 0.15) is 23.2 Å². The number of nitrogens with one attached hydrogen (secondary N) is 1. The third-order valence-corrected chi connectivity index (χ3v) is 6.29. The molecule has 1 aromatic carbocycles. The molecule has 7 nitrogen and oxygen atoms in total. The zero-order valence-corrected chi connectivity index (χ0v) is 16.7. The molecule has 150 valence electrons. The van der Waals surface area contributed by atoms with Gasteiger partial charge in [-0.15, -0.1) is 16.4 Å². The van der Waals surface area contributed by atoms with Crippen LogP contribution in [-0.2, 0) is 4.79 Å². The minimum atomic E-state index is -0.337. The molecule has 1 amide bonds. The second-order valence-electron chi connectivity index (χ2n) is 8.00. The first-order chi connectivity index (χ1) is 14.0. The molecular weight excluding hydrogens is 393 g/mol. The Hall–Kier alpha value is -2.81. The van der Waals surface area contributed by atoms with Crippen LogP contribution in [0.1, 0.15) is 19.8 Å². The van der Waals surface area contributed by atoms with Gasteiger partial charge < -0.3 is 15.0 Å². The molecule has 1 aliphatic carbocycles. The van der Waals surface area contributed by atoms with Crippen LogP contribution >= 0.6 is 11.3 Å². The van der Waals surface area contributed by atoms with Crippen molar-refractivity contribution >= 4 is 33.3 Å². The molecule has 1 N–H and O–H groups in total. The molecule has 5 rings (SSSR count). The van der Waals surface area contributed by atoms with E-state index in [1.54, 1.807) is 11.7 Å². The molecule has 1 aliphatic heterocycles. The Morgan fingerprint density at radius 3 is 2.97 bits per heavy atom. The summed E-state index contributed by atoms with van der Waals surface area (Å²) in [4.78, 5) is 19.0. The Bertz CT molecular complexity index is 1050. The van der Waals surface area contributed by atoms with E-state index in [0.29, 0.717) is 37.2 Å². The van der Waals surface area contributed by atoms with Crippen LogP contribution in [-0.4, -0.2) is 45.8 Å². The van der Waals surface area contributed by atoms with Crippen LogP contribution < -0.4 is 15.0 Å². The number of ether oxygens (including phenoxy) is 1. The zero-order chi connectivity index (χ0) is 20.0. The van der Waals surface area contributed by atoms with Crippen molar-refractivity contribution in [1.29, 1.82) is 0 Å². The number of hydrogen-bond donors (Lipinski definition) is 1. The molecule has 2 fully saturated rings. The van der Waals surface area contributed by atoms with Gasteiger partial charge in [0.2, 0.25) is 5.91 Å². The number of hydrogen-bond acceptors (Lipinski definition) is 7. The van der Waals surface area contributed by atoms with Crippen molar-refractivity contribution in [2.45, 2.75) is 31.4 Å². The van der Waals surface area contributed by atoms with Crippen molar-refractivity contribution in [2.24, 2.45) is 5.92 Å². The summed E-state index contributed by atoms with van der Waals surface area (Å²) in [7, 11) is 0. The third-order valence-electron chi connectivity index (χ3n) is 5.51. The fourth-order valence-electron chi connectivity index (χ4n) is 3.95. The van der Waals surface area contributed by atoms with Gasteiger partial charge in [-0.1, -0.05) is 0 Å². The quantitative estimate of drug-likeness (QED) is 0.693. The van der Waals surface area contributed by atoms with E-state index in [0.717, 1.165) is 10.5 Å². The maximum absolute atomic E-state index is 13.8. The molecule has 0 radical (unpaired) electrons. The predicted molar refractivity (Wildman–Crippen MR) is 108 cm³/mol. The first-order valence-corrected chi connectivity index (χ1v) is 10.4. The summed E-state index contributed by atoms with van der Waals surface area (Å²) in [5.74, 6) is 0.900. The summed E-state index contributed by atoms with van der Waals surface area (Å²) in [6.07, 6.45) is 2.79. The van der Waals surface area contributed by atoms with E-state index in [1.807, 2.05) is 19.1 Å². The van der Waals surface area contributed by atoms with E-state index in [2.05, 4.69) is 25.4 Å². The van der Waals surface area contributed by atoms with E-state index in [1.165, 1.54) is 23.5 Å². The lowest BCUT2D eigenvalue weighted by Gasteiger charge is -2.49. The smallest absolute Gasteiger partial charge is 0.223 e. The minimum Gasteiger partial charge on any atom is -0.488 e. The minimum absolute atomic E-state index is 0.0455. The van der Waals surface area contributed by atoms with E-state index in [-0.39, 0.29) is 29.3 Å². The van der Waals surface area contributed by atoms with Crippen molar-refractivity contribution in [3.05, 3.63) is 41.8 Å². The molecule has 3 heterocycles. The average Bonchev–Trinajstić information content (AvgIpc) is 3.11. The van der Waals surface area contributed by atoms with Gasteiger partial charge in [0.25, 0.3) is 0 Å². The number of aromatic nitrogens is 3. The molecule has 2 aliphatic rings. The lowest BCUT2D eigenvalue weighted by Crippen LogP contribution is -2.70. The number of halogens is 1. The number of anilines is 1. The highest BCUT2D eigenvalue weighted by Gasteiger charge is 2.44. The van der Waals surface area contributed by atoms with E-state index in [4.69, 9.17) is 4.74 Å². The van der Waals surface area contributed by atoms with Gasteiger partial charge in [-0.25, -0.2) is 9.37 Å². The number of amides is 1. The van der Waals surface area contributed by atoms with Crippen LogP contribution in [0.4, 0.5) is 10.2 Å².